The predicted molar refractivity (Wildman–Crippen MR) is 107 cm³/mol. The van der Waals surface area contributed by atoms with E-state index in [1.807, 2.05) is 17.0 Å². The molecule has 4 heterocycles. The van der Waals surface area contributed by atoms with E-state index in [-0.39, 0.29) is 5.91 Å². The van der Waals surface area contributed by atoms with Crippen LogP contribution in [-0.4, -0.2) is 73.5 Å². The van der Waals surface area contributed by atoms with E-state index in [4.69, 9.17) is 21.2 Å². The lowest BCUT2D eigenvalue weighted by atomic mass is 9.93. The Labute approximate surface area is 169 Å². The Bertz CT molecular complexity index is 681. The summed E-state index contributed by atoms with van der Waals surface area (Å²) in [5, 5.41) is 4.12. The van der Waals surface area contributed by atoms with E-state index in [1.165, 1.54) is 17.8 Å². The van der Waals surface area contributed by atoms with Gasteiger partial charge in [0.2, 0.25) is 6.10 Å². The average Bonchev–Trinajstić information content (AvgIpc) is 3.36. The third-order valence-corrected chi connectivity index (χ3v) is 6.97. The highest BCUT2D eigenvalue weighted by Gasteiger charge is 2.34. The fraction of sp³-hybridized carbons (Fsp3) is 0.684. The zero-order valence-corrected chi connectivity index (χ0v) is 17.0. The van der Waals surface area contributed by atoms with Gasteiger partial charge >= 0.3 is 0 Å². The maximum atomic E-state index is 12.8. The van der Waals surface area contributed by atoms with Crippen molar-refractivity contribution in [3.05, 3.63) is 21.3 Å². The van der Waals surface area contributed by atoms with E-state index < -0.39 is 6.10 Å². The van der Waals surface area contributed by atoms with Crippen LogP contribution in [0.15, 0.2) is 17.3 Å². The number of ether oxygens (including phenoxy) is 1. The topological polar surface area (TPSA) is 54.4 Å². The van der Waals surface area contributed by atoms with E-state index >= 15 is 0 Å². The molecule has 0 saturated carbocycles. The van der Waals surface area contributed by atoms with Crippen molar-refractivity contribution in [1.82, 2.24) is 9.80 Å². The van der Waals surface area contributed by atoms with Crippen molar-refractivity contribution >= 4 is 34.6 Å². The van der Waals surface area contributed by atoms with E-state index in [9.17, 15) is 4.79 Å². The molecule has 27 heavy (non-hydrogen) atoms. The lowest BCUT2D eigenvalue weighted by molar-refractivity contribution is -0.143. The van der Waals surface area contributed by atoms with Gasteiger partial charge in [-0.1, -0.05) is 16.8 Å². The van der Waals surface area contributed by atoms with Crippen LogP contribution in [0.5, 0.6) is 0 Å². The third-order valence-electron chi connectivity index (χ3n) is 5.69. The van der Waals surface area contributed by atoms with Crippen LogP contribution in [0, 0.1) is 5.92 Å². The Hall–Kier alpha value is -1.15. The van der Waals surface area contributed by atoms with Gasteiger partial charge in [0.1, 0.15) is 5.71 Å². The normalized spacial score (nSPS) is 24.7. The standard InChI is InChI=1S/C19H26ClN3O3S/c20-18-2-1-17(27-18)15-13-16(26-21-15)19(24)23-7-4-14(5-8-23)3-6-22-9-11-25-12-10-22/h1-2,14,16H,3-13H2. The van der Waals surface area contributed by atoms with Gasteiger partial charge in [0.05, 0.1) is 22.4 Å². The van der Waals surface area contributed by atoms with Crippen LogP contribution in [-0.2, 0) is 14.4 Å². The number of amides is 1. The second-order valence-electron chi connectivity index (χ2n) is 7.45. The number of carbonyl (C=O) groups is 1. The van der Waals surface area contributed by atoms with Gasteiger partial charge in [0, 0.05) is 32.6 Å². The summed E-state index contributed by atoms with van der Waals surface area (Å²) in [6.45, 7) is 6.61. The van der Waals surface area contributed by atoms with E-state index in [2.05, 4.69) is 10.1 Å². The van der Waals surface area contributed by atoms with Crippen LogP contribution in [0.3, 0.4) is 0 Å². The summed E-state index contributed by atoms with van der Waals surface area (Å²) >= 11 is 7.46. The molecule has 0 aliphatic carbocycles. The number of hydrogen-bond donors (Lipinski definition) is 0. The van der Waals surface area contributed by atoms with Gasteiger partial charge in [0.15, 0.2) is 0 Å². The van der Waals surface area contributed by atoms with Crippen molar-refractivity contribution in [3.63, 3.8) is 0 Å². The first kappa shape index (κ1) is 19.2. The van der Waals surface area contributed by atoms with Crippen LogP contribution in [0.25, 0.3) is 0 Å². The van der Waals surface area contributed by atoms with Gasteiger partial charge in [-0.05, 0) is 43.9 Å². The van der Waals surface area contributed by atoms with Gasteiger partial charge in [0.25, 0.3) is 5.91 Å². The van der Waals surface area contributed by atoms with Crippen LogP contribution >= 0.6 is 22.9 Å². The Morgan fingerprint density at radius 3 is 2.70 bits per heavy atom. The molecule has 1 aromatic heterocycles. The van der Waals surface area contributed by atoms with Crippen molar-refractivity contribution in [2.45, 2.75) is 31.8 Å². The Morgan fingerprint density at radius 1 is 1.22 bits per heavy atom. The minimum atomic E-state index is -0.481. The molecular formula is C19H26ClN3O3S. The van der Waals surface area contributed by atoms with E-state index in [1.54, 1.807) is 0 Å². The molecule has 3 aliphatic heterocycles. The van der Waals surface area contributed by atoms with Crippen molar-refractivity contribution in [2.24, 2.45) is 11.1 Å². The van der Waals surface area contributed by atoms with E-state index in [0.29, 0.717) is 12.3 Å². The molecule has 1 atom stereocenters. The zero-order chi connectivity index (χ0) is 18.6. The van der Waals surface area contributed by atoms with Gasteiger partial charge in [-0.25, -0.2) is 0 Å². The van der Waals surface area contributed by atoms with Crippen molar-refractivity contribution in [3.8, 4) is 0 Å². The highest BCUT2D eigenvalue weighted by molar-refractivity contribution is 7.18. The van der Waals surface area contributed by atoms with Gasteiger partial charge in [-0.2, -0.15) is 0 Å². The first-order chi connectivity index (χ1) is 13.2. The molecule has 6 nitrogen and oxygen atoms in total. The quantitative estimate of drug-likeness (QED) is 0.747. The van der Waals surface area contributed by atoms with Crippen LogP contribution in [0.1, 0.15) is 30.6 Å². The molecule has 0 N–H and O–H groups in total. The van der Waals surface area contributed by atoms with Gasteiger partial charge in [-0.3, -0.25) is 9.69 Å². The summed E-state index contributed by atoms with van der Waals surface area (Å²) < 4.78 is 6.13. The molecule has 2 fully saturated rings. The first-order valence-corrected chi connectivity index (χ1v) is 11.0. The minimum absolute atomic E-state index is 0.0723. The molecule has 2 saturated heterocycles. The second kappa shape index (κ2) is 8.90. The SMILES string of the molecule is O=C(C1CC(c2ccc(Cl)s2)=NO1)N1CCC(CCN2CCOCC2)CC1. The number of oxime groups is 1. The molecule has 0 bridgehead atoms. The number of likely N-dealkylation sites (tertiary alicyclic amines) is 1. The van der Waals surface area contributed by atoms with E-state index in [0.717, 1.165) is 73.7 Å². The molecular weight excluding hydrogens is 386 g/mol. The van der Waals surface area contributed by atoms with Crippen molar-refractivity contribution in [2.75, 3.05) is 45.9 Å². The number of carbonyl (C=O) groups excluding carboxylic acids is 1. The fourth-order valence-electron chi connectivity index (χ4n) is 3.96. The number of halogens is 1. The number of morpholine rings is 1. The summed E-state index contributed by atoms with van der Waals surface area (Å²) in [4.78, 5) is 23.6. The maximum absolute atomic E-state index is 12.8. The molecule has 0 spiro atoms. The fourth-order valence-corrected chi connectivity index (χ4v) is 4.99. The highest BCUT2D eigenvalue weighted by atomic mass is 35.5. The molecule has 1 aromatic rings. The van der Waals surface area contributed by atoms with Crippen LogP contribution in [0.4, 0.5) is 0 Å². The first-order valence-electron chi connectivity index (χ1n) is 9.76. The number of thiophene rings is 1. The molecule has 3 aliphatic rings. The molecule has 4 rings (SSSR count). The molecule has 1 unspecified atom stereocenters. The maximum Gasteiger partial charge on any atom is 0.266 e. The lowest BCUT2D eigenvalue weighted by Gasteiger charge is -2.34. The Kier molecular flexibility index (Phi) is 6.32. The largest absolute Gasteiger partial charge is 0.382 e. The average molecular weight is 412 g/mol. The summed E-state index contributed by atoms with van der Waals surface area (Å²) in [6.07, 6.45) is 3.43. The number of nitrogens with zero attached hydrogens (tertiary/aromatic N) is 3. The smallest absolute Gasteiger partial charge is 0.266 e. The summed E-state index contributed by atoms with van der Waals surface area (Å²) in [5.74, 6) is 0.782. The highest BCUT2D eigenvalue weighted by Crippen LogP contribution is 2.28. The molecule has 0 aromatic carbocycles. The van der Waals surface area contributed by atoms with Crippen molar-refractivity contribution in [1.29, 1.82) is 0 Å². The van der Waals surface area contributed by atoms with Crippen LogP contribution < -0.4 is 0 Å². The molecule has 148 valence electrons. The zero-order valence-electron chi connectivity index (χ0n) is 15.4. The molecule has 0 radical (unpaired) electrons. The molecule has 8 heteroatoms. The second-order valence-corrected chi connectivity index (χ2v) is 9.17. The lowest BCUT2D eigenvalue weighted by Crippen LogP contribution is -2.44. The summed E-state index contributed by atoms with van der Waals surface area (Å²) in [7, 11) is 0. The summed E-state index contributed by atoms with van der Waals surface area (Å²) in [6, 6.07) is 3.78. The molecule has 1 amide bonds. The Balaban J connectivity index is 1.20. The number of piperidine rings is 1. The van der Waals surface area contributed by atoms with Gasteiger partial charge < -0.3 is 14.5 Å². The number of hydrogen-bond acceptors (Lipinski definition) is 6. The predicted octanol–water partition coefficient (Wildman–Crippen LogP) is 2.86. The Morgan fingerprint density at radius 2 is 2.00 bits per heavy atom. The number of rotatable bonds is 5. The van der Waals surface area contributed by atoms with Crippen molar-refractivity contribution < 1.29 is 14.4 Å². The third kappa shape index (κ3) is 4.83. The summed E-state index contributed by atoms with van der Waals surface area (Å²) in [5.41, 5.74) is 0.825. The minimum Gasteiger partial charge on any atom is -0.382 e. The van der Waals surface area contributed by atoms with Crippen LogP contribution in [0.2, 0.25) is 4.34 Å². The monoisotopic (exact) mass is 411 g/mol. The van der Waals surface area contributed by atoms with Gasteiger partial charge in [-0.15, -0.1) is 11.3 Å².